The lowest BCUT2D eigenvalue weighted by Gasteiger charge is -2.08. The van der Waals surface area contributed by atoms with Gasteiger partial charge in [0, 0.05) is 22.7 Å². The molecular weight excluding hydrogens is 379 g/mol. The second-order valence-electron chi connectivity index (χ2n) is 5.04. The lowest BCUT2D eigenvalue weighted by molar-refractivity contribution is 0.164. The Bertz CT molecular complexity index is 979. The van der Waals surface area contributed by atoms with Crippen LogP contribution in [-0.2, 0) is 4.74 Å². The molecule has 0 radical (unpaired) electrons. The van der Waals surface area contributed by atoms with Crippen LogP contribution in [0.3, 0.4) is 0 Å². The van der Waals surface area contributed by atoms with Gasteiger partial charge in [0.05, 0.1) is 15.2 Å². The zero-order valence-electron chi connectivity index (χ0n) is 12.9. The van der Waals surface area contributed by atoms with E-state index in [0.717, 1.165) is 20.8 Å². The van der Waals surface area contributed by atoms with E-state index in [4.69, 9.17) is 34.4 Å². The molecule has 0 aliphatic rings. The van der Waals surface area contributed by atoms with Gasteiger partial charge < -0.3 is 4.74 Å². The fraction of sp³-hybridized carbons (Fsp3) is 0.111. The van der Waals surface area contributed by atoms with Crippen molar-refractivity contribution in [3.05, 3.63) is 46.4 Å². The standard InChI is InChI=1S/C18H12Cl2N2O2S/c1-2-3-8-24-18(23)21-12-5-6-14(20)13(10-12)17-22-15-9-11(19)4-7-16(15)25-17/h1,4-7,9-10H,3,8H2,(H,21,23). The summed E-state index contributed by atoms with van der Waals surface area (Å²) < 4.78 is 5.97. The van der Waals surface area contributed by atoms with Gasteiger partial charge in [-0.05, 0) is 36.4 Å². The fourth-order valence-electron chi connectivity index (χ4n) is 2.14. The van der Waals surface area contributed by atoms with Crippen molar-refractivity contribution in [2.75, 3.05) is 11.9 Å². The molecule has 2 aromatic carbocycles. The van der Waals surface area contributed by atoms with E-state index in [1.807, 2.05) is 12.1 Å². The third-order valence-electron chi connectivity index (χ3n) is 3.27. The Morgan fingerprint density at radius 1 is 1.28 bits per heavy atom. The van der Waals surface area contributed by atoms with Gasteiger partial charge in [-0.15, -0.1) is 23.7 Å². The molecule has 0 aliphatic heterocycles. The first kappa shape index (κ1) is 17.6. The van der Waals surface area contributed by atoms with E-state index >= 15 is 0 Å². The number of hydrogen-bond acceptors (Lipinski definition) is 4. The first-order valence-electron chi connectivity index (χ1n) is 7.30. The molecule has 0 unspecified atom stereocenters. The topological polar surface area (TPSA) is 51.2 Å². The minimum atomic E-state index is -0.570. The van der Waals surface area contributed by atoms with Crippen LogP contribution in [-0.4, -0.2) is 17.7 Å². The number of nitrogens with zero attached hydrogens (tertiary/aromatic N) is 1. The Labute approximate surface area is 158 Å². The van der Waals surface area contributed by atoms with Gasteiger partial charge in [-0.25, -0.2) is 9.78 Å². The van der Waals surface area contributed by atoms with E-state index in [-0.39, 0.29) is 6.61 Å². The van der Waals surface area contributed by atoms with E-state index in [9.17, 15) is 4.79 Å². The molecule has 0 spiro atoms. The summed E-state index contributed by atoms with van der Waals surface area (Å²) in [5, 5.41) is 4.55. The minimum Gasteiger partial charge on any atom is -0.448 e. The number of carbonyl (C=O) groups excluding carboxylic acids is 1. The second kappa shape index (κ2) is 7.75. The largest absolute Gasteiger partial charge is 0.448 e. The number of fused-ring (bicyclic) bond motifs is 1. The van der Waals surface area contributed by atoms with Crippen molar-refractivity contribution in [3.63, 3.8) is 0 Å². The average Bonchev–Trinajstić information content (AvgIpc) is 2.99. The lowest BCUT2D eigenvalue weighted by Crippen LogP contribution is -2.14. The maximum atomic E-state index is 11.7. The highest BCUT2D eigenvalue weighted by Crippen LogP contribution is 2.36. The van der Waals surface area contributed by atoms with Gasteiger partial charge in [-0.2, -0.15) is 0 Å². The summed E-state index contributed by atoms with van der Waals surface area (Å²) in [5.74, 6) is 2.40. The second-order valence-corrected chi connectivity index (χ2v) is 6.92. The third-order valence-corrected chi connectivity index (χ3v) is 4.91. The van der Waals surface area contributed by atoms with Crippen molar-refractivity contribution in [1.29, 1.82) is 0 Å². The molecule has 1 heterocycles. The number of nitrogens with one attached hydrogen (secondary N) is 1. The predicted molar refractivity (Wildman–Crippen MR) is 103 cm³/mol. The summed E-state index contributed by atoms with van der Waals surface area (Å²) >= 11 is 13.8. The quantitative estimate of drug-likeness (QED) is 0.449. The molecule has 0 aliphatic carbocycles. The summed E-state index contributed by atoms with van der Waals surface area (Å²) in [5.41, 5.74) is 2.08. The van der Waals surface area contributed by atoms with E-state index in [1.165, 1.54) is 11.3 Å². The van der Waals surface area contributed by atoms with Crippen LogP contribution in [0.25, 0.3) is 20.8 Å². The minimum absolute atomic E-state index is 0.168. The molecule has 0 bridgehead atoms. The summed E-state index contributed by atoms with van der Waals surface area (Å²) in [4.78, 5) is 16.3. The SMILES string of the molecule is C#CCCOC(=O)Nc1ccc(Cl)c(-c2nc3cc(Cl)ccc3s2)c1. The molecule has 0 saturated heterocycles. The summed E-state index contributed by atoms with van der Waals surface area (Å²) in [6.45, 7) is 0.168. The van der Waals surface area contributed by atoms with Crippen LogP contribution in [0.1, 0.15) is 6.42 Å². The lowest BCUT2D eigenvalue weighted by atomic mass is 10.2. The molecule has 1 aromatic heterocycles. The van der Waals surface area contributed by atoms with Gasteiger partial charge in [-0.3, -0.25) is 5.32 Å². The first-order chi connectivity index (χ1) is 12.1. The number of anilines is 1. The number of thiazole rings is 1. The van der Waals surface area contributed by atoms with Crippen molar-refractivity contribution in [3.8, 4) is 22.9 Å². The molecule has 0 saturated carbocycles. The molecule has 7 heteroatoms. The van der Waals surface area contributed by atoms with Crippen molar-refractivity contribution in [2.45, 2.75) is 6.42 Å². The molecule has 3 rings (SSSR count). The van der Waals surface area contributed by atoms with Gasteiger partial charge in [0.15, 0.2) is 0 Å². The maximum Gasteiger partial charge on any atom is 0.411 e. The summed E-state index contributed by atoms with van der Waals surface area (Å²) in [6.07, 6.45) is 4.92. The zero-order valence-corrected chi connectivity index (χ0v) is 15.2. The third kappa shape index (κ3) is 4.23. The van der Waals surface area contributed by atoms with Crippen LogP contribution in [0, 0.1) is 12.3 Å². The molecule has 126 valence electrons. The molecule has 1 amide bonds. The Balaban J connectivity index is 1.85. The van der Waals surface area contributed by atoms with Crippen LogP contribution >= 0.6 is 34.5 Å². The van der Waals surface area contributed by atoms with Crippen LogP contribution in [0.5, 0.6) is 0 Å². The Hall–Kier alpha value is -2.26. The van der Waals surface area contributed by atoms with Crippen LogP contribution in [0.2, 0.25) is 10.0 Å². The summed E-state index contributed by atoms with van der Waals surface area (Å²) in [6, 6.07) is 10.7. The fourth-order valence-corrected chi connectivity index (χ4v) is 3.55. The summed E-state index contributed by atoms with van der Waals surface area (Å²) in [7, 11) is 0. The average molecular weight is 391 g/mol. The normalized spacial score (nSPS) is 10.4. The van der Waals surface area contributed by atoms with Gasteiger partial charge >= 0.3 is 6.09 Å². The number of carbonyl (C=O) groups is 1. The van der Waals surface area contributed by atoms with E-state index in [0.29, 0.717) is 22.2 Å². The Kier molecular flexibility index (Phi) is 5.44. The number of hydrogen-bond donors (Lipinski definition) is 1. The molecule has 0 atom stereocenters. The monoisotopic (exact) mass is 390 g/mol. The van der Waals surface area contributed by atoms with Gasteiger partial charge in [-0.1, -0.05) is 23.2 Å². The highest BCUT2D eigenvalue weighted by Gasteiger charge is 2.12. The van der Waals surface area contributed by atoms with Crippen molar-refractivity contribution < 1.29 is 9.53 Å². The molecule has 4 nitrogen and oxygen atoms in total. The molecule has 0 fully saturated rings. The maximum absolute atomic E-state index is 11.7. The number of terminal acetylenes is 1. The Morgan fingerprint density at radius 2 is 2.12 bits per heavy atom. The molecular formula is C18H12Cl2N2O2S. The van der Waals surface area contributed by atoms with Crippen LogP contribution in [0.4, 0.5) is 10.5 Å². The number of amides is 1. The van der Waals surface area contributed by atoms with Gasteiger partial charge in [0.2, 0.25) is 0 Å². The Morgan fingerprint density at radius 3 is 2.92 bits per heavy atom. The first-order valence-corrected chi connectivity index (χ1v) is 8.87. The number of aromatic nitrogens is 1. The molecule has 25 heavy (non-hydrogen) atoms. The van der Waals surface area contributed by atoms with Crippen molar-refractivity contribution >= 4 is 56.5 Å². The van der Waals surface area contributed by atoms with Crippen LogP contribution in [0.15, 0.2) is 36.4 Å². The number of rotatable bonds is 4. The number of halogens is 2. The van der Waals surface area contributed by atoms with Crippen molar-refractivity contribution in [1.82, 2.24) is 4.98 Å². The highest BCUT2D eigenvalue weighted by molar-refractivity contribution is 7.21. The number of benzene rings is 2. The predicted octanol–water partition coefficient (Wildman–Crippen LogP) is 5.84. The van der Waals surface area contributed by atoms with Gasteiger partial charge in [0.25, 0.3) is 0 Å². The van der Waals surface area contributed by atoms with E-state index in [2.05, 4.69) is 16.2 Å². The van der Waals surface area contributed by atoms with E-state index in [1.54, 1.807) is 24.3 Å². The smallest absolute Gasteiger partial charge is 0.411 e. The highest BCUT2D eigenvalue weighted by atomic mass is 35.5. The van der Waals surface area contributed by atoms with E-state index < -0.39 is 6.09 Å². The number of ether oxygens (including phenoxy) is 1. The zero-order chi connectivity index (χ0) is 17.8. The van der Waals surface area contributed by atoms with Gasteiger partial charge in [0.1, 0.15) is 11.6 Å². The molecule has 1 N–H and O–H groups in total. The van der Waals surface area contributed by atoms with Crippen molar-refractivity contribution in [2.24, 2.45) is 0 Å². The van der Waals surface area contributed by atoms with Crippen LogP contribution < -0.4 is 5.32 Å². The molecule has 3 aromatic rings.